The number of carbonyl (C=O) groups excluding carboxylic acids is 2. The molecule has 4 rings (SSSR count). The van der Waals surface area contributed by atoms with Gasteiger partial charge >= 0.3 is 12.1 Å². The zero-order valence-corrected chi connectivity index (χ0v) is 21.4. The van der Waals surface area contributed by atoms with E-state index in [1.165, 1.54) is 0 Å². The second-order valence-electron chi connectivity index (χ2n) is 9.46. The van der Waals surface area contributed by atoms with Gasteiger partial charge in [0.15, 0.2) is 6.04 Å². The highest BCUT2D eigenvalue weighted by atomic mass is 16.5. The number of ether oxygens (including phenoxy) is 2. The summed E-state index contributed by atoms with van der Waals surface area (Å²) in [6.45, 7) is 3.64. The van der Waals surface area contributed by atoms with Crippen LogP contribution in [-0.2, 0) is 25.7 Å². The van der Waals surface area contributed by atoms with E-state index in [1.54, 1.807) is 13.8 Å². The van der Waals surface area contributed by atoms with E-state index in [-0.39, 0.29) is 25.6 Å². The minimum Gasteiger partial charge on any atom is -0.480 e. The summed E-state index contributed by atoms with van der Waals surface area (Å²) in [5.41, 5.74) is 5.39. The van der Waals surface area contributed by atoms with Gasteiger partial charge in [-0.1, -0.05) is 78.9 Å². The number of hydrogen-bond acceptors (Lipinski definition) is 5. The summed E-state index contributed by atoms with van der Waals surface area (Å²) in [6, 6.07) is 23.7. The van der Waals surface area contributed by atoms with Crippen molar-refractivity contribution in [2.24, 2.45) is 0 Å². The molecule has 3 aromatic rings. The first-order chi connectivity index (χ1) is 18.3. The summed E-state index contributed by atoms with van der Waals surface area (Å²) in [6.07, 6.45) is -1.51. The highest BCUT2D eigenvalue weighted by Crippen LogP contribution is 2.44. The molecule has 0 heterocycles. The van der Waals surface area contributed by atoms with Gasteiger partial charge in [0.2, 0.25) is 5.91 Å². The lowest BCUT2D eigenvalue weighted by molar-refractivity contribution is -0.146. The van der Waals surface area contributed by atoms with Crippen molar-refractivity contribution in [3.05, 3.63) is 95.6 Å². The maximum Gasteiger partial charge on any atom is 0.407 e. The normalized spacial score (nSPS) is 14.5. The number of alkyl carbamates (subject to hydrolysis) is 1. The van der Waals surface area contributed by atoms with Crippen molar-refractivity contribution in [2.45, 2.75) is 51.0 Å². The molecule has 0 bridgehead atoms. The van der Waals surface area contributed by atoms with Gasteiger partial charge in [-0.25, -0.2) is 9.59 Å². The summed E-state index contributed by atoms with van der Waals surface area (Å²) in [5, 5.41) is 14.8. The molecule has 8 heteroatoms. The summed E-state index contributed by atoms with van der Waals surface area (Å²) in [7, 11) is 0. The van der Waals surface area contributed by atoms with Crippen LogP contribution in [0.15, 0.2) is 78.9 Å². The molecule has 3 atom stereocenters. The molecular weight excluding hydrogens is 484 g/mol. The summed E-state index contributed by atoms with van der Waals surface area (Å²) in [4.78, 5) is 36.8. The van der Waals surface area contributed by atoms with Crippen molar-refractivity contribution >= 4 is 18.0 Å². The number of carboxylic acid groups (broad SMARTS) is 1. The number of hydrogen-bond donors (Lipinski definition) is 3. The second kappa shape index (κ2) is 12.4. The van der Waals surface area contributed by atoms with Crippen LogP contribution in [-0.4, -0.2) is 47.9 Å². The van der Waals surface area contributed by atoms with Crippen LogP contribution in [0, 0.1) is 0 Å². The lowest BCUT2D eigenvalue weighted by atomic mass is 9.98. The Hall–Kier alpha value is -4.17. The molecule has 0 fully saturated rings. The molecule has 3 N–H and O–H groups in total. The molecule has 38 heavy (non-hydrogen) atoms. The van der Waals surface area contributed by atoms with E-state index < -0.39 is 36.2 Å². The van der Waals surface area contributed by atoms with Crippen LogP contribution < -0.4 is 10.6 Å². The zero-order valence-electron chi connectivity index (χ0n) is 21.4. The topological polar surface area (TPSA) is 114 Å². The lowest BCUT2D eigenvalue weighted by Crippen LogP contribution is -2.50. The van der Waals surface area contributed by atoms with Gasteiger partial charge in [0.25, 0.3) is 0 Å². The van der Waals surface area contributed by atoms with Gasteiger partial charge in [-0.15, -0.1) is 0 Å². The molecular formula is C30H32N2O6. The van der Waals surface area contributed by atoms with Gasteiger partial charge in [0.05, 0.1) is 12.7 Å². The van der Waals surface area contributed by atoms with Gasteiger partial charge in [0, 0.05) is 18.4 Å². The third kappa shape index (κ3) is 6.58. The number of aliphatic carboxylic acids is 1. The molecule has 1 aliphatic rings. The monoisotopic (exact) mass is 516 g/mol. The van der Waals surface area contributed by atoms with E-state index in [9.17, 15) is 19.5 Å². The van der Waals surface area contributed by atoms with E-state index in [0.29, 0.717) is 0 Å². The average molecular weight is 517 g/mol. The third-order valence-corrected chi connectivity index (χ3v) is 6.61. The Kier molecular flexibility index (Phi) is 8.76. The highest BCUT2D eigenvalue weighted by molar-refractivity contribution is 5.84. The van der Waals surface area contributed by atoms with Gasteiger partial charge in [-0.2, -0.15) is 0 Å². The number of amides is 2. The Bertz CT molecular complexity index is 1230. The van der Waals surface area contributed by atoms with Crippen molar-refractivity contribution in [2.75, 3.05) is 6.61 Å². The number of benzene rings is 3. The van der Waals surface area contributed by atoms with Crippen LogP contribution >= 0.6 is 0 Å². The Labute approximate surface area is 222 Å². The van der Waals surface area contributed by atoms with Crippen molar-refractivity contribution in [3.8, 4) is 11.1 Å². The van der Waals surface area contributed by atoms with E-state index in [4.69, 9.17) is 9.47 Å². The first kappa shape index (κ1) is 26.9. The zero-order chi connectivity index (χ0) is 27.1. The van der Waals surface area contributed by atoms with E-state index in [0.717, 1.165) is 27.8 Å². The second-order valence-corrected chi connectivity index (χ2v) is 9.46. The Balaban J connectivity index is 1.25. The Morgan fingerprint density at radius 1 is 0.842 bits per heavy atom. The first-order valence-corrected chi connectivity index (χ1v) is 12.6. The van der Waals surface area contributed by atoms with Crippen LogP contribution in [0.25, 0.3) is 11.1 Å². The smallest absolute Gasteiger partial charge is 0.407 e. The van der Waals surface area contributed by atoms with Gasteiger partial charge < -0.3 is 25.2 Å². The van der Waals surface area contributed by atoms with Crippen molar-refractivity contribution in [1.29, 1.82) is 0 Å². The molecule has 0 saturated heterocycles. The fourth-order valence-electron chi connectivity index (χ4n) is 4.68. The summed E-state index contributed by atoms with van der Waals surface area (Å²) < 4.78 is 11.2. The Morgan fingerprint density at radius 3 is 2.03 bits per heavy atom. The van der Waals surface area contributed by atoms with E-state index >= 15 is 0 Å². The predicted octanol–water partition coefficient (Wildman–Crippen LogP) is 4.48. The van der Waals surface area contributed by atoms with E-state index in [2.05, 4.69) is 22.8 Å². The van der Waals surface area contributed by atoms with E-state index in [1.807, 2.05) is 66.7 Å². The standard InChI is InChI=1S/C30H32N2O6/c1-19(16-27(33)32-28(29(34)35)20(2)37-17-21-10-4-3-5-11-21)31-30(36)38-18-26-24-14-8-6-12-22(24)23-13-7-9-15-25(23)26/h3-15,19-20,26,28H,16-18H2,1-2H3,(H,31,36)(H,32,33)(H,34,35)/t19?,20-,28+/m0/s1. The fraction of sp³-hybridized carbons (Fsp3) is 0.300. The minimum absolute atomic E-state index is 0.0690. The molecule has 198 valence electrons. The molecule has 0 saturated carbocycles. The number of nitrogens with one attached hydrogen (secondary N) is 2. The number of carboxylic acids is 1. The number of rotatable bonds is 11. The van der Waals surface area contributed by atoms with Gasteiger partial charge in [-0.05, 0) is 41.7 Å². The fourth-order valence-corrected chi connectivity index (χ4v) is 4.68. The van der Waals surface area contributed by atoms with Crippen LogP contribution in [0.4, 0.5) is 4.79 Å². The van der Waals surface area contributed by atoms with Gasteiger partial charge in [-0.3, -0.25) is 4.79 Å². The molecule has 8 nitrogen and oxygen atoms in total. The van der Waals surface area contributed by atoms with Crippen LogP contribution in [0.2, 0.25) is 0 Å². The highest BCUT2D eigenvalue weighted by Gasteiger charge is 2.30. The predicted molar refractivity (Wildman–Crippen MR) is 143 cm³/mol. The number of carbonyl (C=O) groups is 3. The largest absolute Gasteiger partial charge is 0.480 e. The molecule has 1 unspecified atom stereocenters. The van der Waals surface area contributed by atoms with Gasteiger partial charge in [0.1, 0.15) is 6.61 Å². The Morgan fingerprint density at radius 2 is 1.42 bits per heavy atom. The quantitative estimate of drug-likeness (QED) is 0.346. The lowest BCUT2D eigenvalue weighted by Gasteiger charge is -2.23. The van der Waals surface area contributed by atoms with Crippen LogP contribution in [0.3, 0.4) is 0 Å². The SMILES string of the molecule is CC(CC(=O)N[C@@H](C(=O)O)[C@H](C)OCc1ccccc1)NC(=O)OCC1c2ccccc2-c2ccccc21. The maximum absolute atomic E-state index is 12.5. The minimum atomic E-state index is -1.23. The molecule has 0 radical (unpaired) electrons. The summed E-state index contributed by atoms with van der Waals surface area (Å²) in [5.74, 6) is -1.78. The average Bonchev–Trinajstić information content (AvgIpc) is 3.23. The first-order valence-electron chi connectivity index (χ1n) is 12.6. The third-order valence-electron chi connectivity index (χ3n) is 6.61. The van der Waals surface area contributed by atoms with Crippen molar-refractivity contribution in [3.63, 3.8) is 0 Å². The maximum atomic E-state index is 12.5. The van der Waals surface area contributed by atoms with Crippen molar-refractivity contribution < 1.29 is 29.0 Å². The summed E-state index contributed by atoms with van der Waals surface area (Å²) >= 11 is 0. The number of fused-ring (bicyclic) bond motifs is 3. The molecule has 1 aliphatic carbocycles. The molecule has 3 aromatic carbocycles. The van der Waals surface area contributed by atoms with Crippen molar-refractivity contribution in [1.82, 2.24) is 10.6 Å². The van der Waals surface area contributed by atoms with Crippen LogP contribution in [0.5, 0.6) is 0 Å². The molecule has 2 amide bonds. The van der Waals surface area contributed by atoms with Crippen LogP contribution in [0.1, 0.15) is 42.9 Å². The molecule has 0 aliphatic heterocycles. The molecule has 0 aromatic heterocycles. The molecule has 0 spiro atoms.